The zero-order valence-electron chi connectivity index (χ0n) is 17.4. The quantitative estimate of drug-likeness (QED) is 0.591. The van der Waals surface area contributed by atoms with Gasteiger partial charge in [0.25, 0.3) is 11.8 Å². The topological polar surface area (TPSA) is 46.6 Å². The molecule has 0 aliphatic carbocycles. The van der Waals surface area contributed by atoms with E-state index in [0.29, 0.717) is 22.8 Å². The van der Waals surface area contributed by atoms with Crippen LogP contribution in [-0.2, 0) is 20.1 Å². The van der Waals surface area contributed by atoms with Gasteiger partial charge in [0.2, 0.25) is 0 Å². The van der Waals surface area contributed by atoms with Crippen LogP contribution < -0.4 is 0 Å². The van der Waals surface area contributed by atoms with Crippen molar-refractivity contribution in [3.8, 4) is 0 Å². The normalized spacial score (nSPS) is 14.4. The maximum absolute atomic E-state index is 13.2. The predicted molar refractivity (Wildman–Crippen MR) is 118 cm³/mol. The number of ether oxygens (including phenoxy) is 1. The lowest BCUT2D eigenvalue weighted by atomic mass is 9.99. The molecule has 1 heterocycles. The monoisotopic (exact) mass is 409 g/mol. The lowest BCUT2D eigenvalue weighted by Gasteiger charge is -2.16. The van der Waals surface area contributed by atoms with E-state index < -0.39 is 0 Å². The number of carbonyl (C=O) groups excluding carboxylic acids is 2. The van der Waals surface area contributed by atoms with Crippen molar-refractivity contribution in [3.05, 3.63) is 75.7 Å². The molecule has 0 aromatic heterocycles. The fourth-order valence-electron chi connectivity index (χ4n) is 3.33. The molecule has 0 N–H and O–H groups in total. The third-order valence-electron chi connectivity index (χ3n) is 4.77. The fourth-order valence-corrected chi connectivity index (χ4v) is 4.41. The number of hydrogen-bond acceptors (Lipinski definition) is 4. The second-order valence-corrected chi connectivity index (χ2v) is 8.46. The lowest BCUT2D eigenvalue weighted by molar-refractivity contribution is -0.137. The lowest BCUT2D eigenvalue weighted by Crippen LogP contribution is -2.35. The molecule has 0 fully saturated rings. The van der Waals surface area contributed by atoms with Gasteiger partial charge >= 0.3 is 0 Å². The molecule has 2 aromatic carbocycles. The van der Waals surface area contributed by atoms with Crippen molar-refractivity contribution in [2.24, 2.45) is 0 Å². The Balaban J connectivity index is 1.92. The van der Waals surface area contributed by atoms with Gasteiger partial charge in [-0.25, -0.2) is 0 Å². The highest BCUT2D eigenvalue weighted by Gasteiger charge is 2.39. The van der Waals surface area contributed by atoms with Crippen molar-refractivity contribution in [1.82, 2.24) is 4.90 Å². The molecule has 0 saturated carbocycles. The SMILES string of the molecule is Cc1ccc(C2=C(SCc3ccccc3)C(=O)N(CCOC(C)C)C2=O)c(C)c1. The molecule has 152 valence electrons. The molecule has 3 rings (SSSR count). The highest BCUT2D eigenvalue weighted by Crippen LogP contribution is 2.38. The number of aryl methyl sites for hydroxylation is 2. The van der Waals surface area contributed by atoms with Crippen LogP contribution in [0.1, 0.15) is 36.1 Å². The molecule has 0 spiro atoms. The van der Waals surface area contributed by atoms with E-state index in [2.05, 4.69) is 0 Å². The van der Waals surface area contributed by atoms with Gasteiger partial charge in [-0.2, -0.15) is 0 Å². The van der Waals surface area contributed by atoms with Crippen LogP contribution in [-0.4, -0.2) is 36.0 Å². The Kier molecular flexibility index (Phi) is 6.93. The summed E-state index contributed by atoms with van der Waals surface area (Å²) in [4.78, 5) is 28.2. The molecule has 29 heavy (non-hydrogen) atoms. The van der Waals surface area contributed by atoms with Crippen molar-refractivity contribution in [3.63, 3.8) is 0 Å². The maximum atomic E-state index is 13.2. The van der Waals surface area contributed by atoms with Crippen LogP contribution in [0.2, 0.25) is 0 Å². The van der Waals surface area contributed by atoms with Crippen LogP contribution in [0.25, 0.3) is 5.57 Å². The molecule has 2 aromatic rings. The van der Waals surface area contributed by atoms with Gasteiger partial charge in [-0.15, -0.1) is 11.8 Å². The Labute approximate surface area is 176 Å². The Hall–Kier alpha value is -2.37. The van der Waals surface area contributed by atoms with E-state index in [1.807, 2.05) is 76.2 Å². The summed E-state index contributed by atoms with van der Waals surface area (Å²) in [5.74, 6) is 0.183. The van der Waals surface area contributed by atoms with Crippen molar-refractivity contribution in [1.29, 1.82) is 0 Å². The van der Waals surface area contributed by atoms with Crippen molar-refractivity contribution in [2.45, 2.75) is 39.6 Å². The Morgan fingerprint density at radius 2 is 1.72 bits per heavy atom. The summed E-state index contributed by atoms with van der Waals surface area (Å²) in [6, 6.07) is 16.0. The van der Waals surface area contributed by atoms with E-state index in [9.17, 15) is 9.59 Å². The van der Waals surface area contributed by atoms with Gasteiger partial charge in [0.15, 0.2) is 0 Å². The van der Waals surface area contributed by atoms with E-state index in [-0.39, 0.29) is 24.5 Å². The third kappa shape index (κ3) is 4.98. The molecular weight excluding hydrogens is 382 g/mol. The van der Waals surface area contributed by atoms with Gasteiger partial charge in [-0.1, -0.05) is 54.1 Å². The molecule has 2 amide bonds. The second kappa shape index (κ2) is 9.42. The molecule has 4 nitrogen and oxygen atoms in total. The Morgan fingerprint density at radius 3 is 2.38 bits per heavy atom. The first-order valence-electron chi connectivity index (χ1n) is 9.85. The van der Waals surface area contributed by atoms with Crippen LogP contribution in [0.5, 0.6) is 0 Å². The van der Waals surface area contributed by atoms with Crippen LogP contribution in [0.4, 0.5) is 0 Å². The van der Waals surface area contributed by atoms with E-state index in [1.165, 1.54) is 16.7 Å². The number of nitrogens with zero attached hydrogens (tertiary/aromatic N) is 1. The predicted octanol–water partition coefficient (Wildman–Crippen LogP) is 4.74. The summed E-state index contributed by atoms with van der Waals surface area (Å²) in [6.07, 6.45) is 0.0569. The standard InChI is InChI=1S/C24H27NO3S/c1-16(2)28-13-12-25-23(26)21(20-11-10-17(3)14-18(20)4)22(24(25)27)29-15-19-8-6-5-7-9-19/h5-11,14,16H,12-13,15H2,1-4H3. The number of thioether (sulfide) groups is 1. The van der Waals surface area contributed by atoms with E-state index in [1.54, 1.807) is 0 Å². The van der Waals surface area contributed by atoms with Gasteiger partial charge in [0.05, 0.1) is 29.7 Å². The van der Waals surface area contributed by atoms with E-state index >= 15 is 0 Å². The van der Waals surface area contributed by atoms with Crippen LogP contribution >= 0.6 is 11.8 Å². The summed E-state index contributed by atoms with van der Waals surface area (Å²) < 4.78 is 5.57. The summed E-state index contributed by atoms with van der Waals surface area (Å²) >= 11 is 1.44. The smallest absolute Gasteiger partial charge is 0.268 e. The summed E-state index contributed by atoms with van der Waals surface area (Å²) in [6.45, 7) is 8.48. The summed E-state index contributed by atoms with van der Waals surface area (Å²) in [5.41, 5.74) is 4.59. The second-order valence-electron chi connectivity index (χ2n) is 7.48. The Morgan fingerprint density at radius 1 is 1.00 bits per heavy atom. The van der Waals surface area contributed by atoms with E-state index in [0.717, 1.165) is 22.3 Å². The molecule has 0 bridgehead atoms. The number of benzene rings is 2. The molecule has 0 unspecified atom stereocenters. The van der Waals surface area contributed by atoms with Gasteiger partial charge in [0, 0.05) is 5.75 Å². The molecule has 0 saturated heterocycles. The minimum absolute atomic E-state index is 0.0569. The average molecular weight is 410 g/mol. The first-order chi connectivity index (χ1) is 13.9. The highest BCUT2D eigenvalue weighted by molar-refractivity contribution is 8.03. The number of carbonyl (C=O) groups is 2. The van der Waals surface area contributed by atoms with Gasteiger partial charge < -0.3 is 4.74 Å². The first kappa shape index (κ1) is 21.3. The van der Waals surface area contributed by atoms with Crippen LogP contribution in [0.15, 0.2) is 53.4 Å². The minimum Gasteiger partial charge on any atom is -0.377 e. The molecule has 1 aliphatic rings. The van der Waals surface area contributed by atoms with Gasteiger partial charge in [0.1, 0.15) is 0 Å². The molecular formula is C24H27NO3S. The molecule has 0 radical (unpaired) electrons. The number of amides is 2. The first-order valence-corrected chi connectivity index (χ1v) is 10.8. The maximum Gasteiger partial charge on any atom is 0.268 e. The highest BCUT2D eigenvalue weighted by atomic mass is 32.2. The third-order valence-corrected chi connectivity index (χ3v) is 5.91. The van der Waals surface area contributed by atoms with Gasteiger partial charge in [-0.05, 0) is 44.4 Å². The molecule has 0 atom stereocenters. The zero-order chi connectivity index (χ0) is 21.0. The van der Waals surface area contributed by atoms with Crippen molar-refractivity contribution >= 4 is 29.1 Å². The van der Waals surface area contributed by atoms with Crippen molar-refractivity contribution in [2.75, 3.05) is 13.2 Å². The Bertz CT molecular complexity index is 934. The van der Waals surface area contributed by atoms with Crippen molar-refractivity contribution < 1.29 is 14.3 Å². The zero-order valence-corrected chi connectivity index (χ0v) is 18.2. The average Bonchev–Trinajstić information content (AvgIpc) is 2.91. The summed E-state index contributed by atoms with van der Waals surface area (Å²) in [5, 5.41) is 0. The van der Waals surface area contributed by atoms with E-state index in [4.69, 9.17) is 4.74 Å². The summed E-state index contributed by atoms with van der Waals surface area (Å²) in [7, 11) is 0. The molecule has 5 heteroatoms. The van der Waals surface area contributed by atoms with Crippen LogP contribution in [0, 0.1) is 13.8 Å². The minimum atomic E-state index is -0.232. The van der Waals surface area contributed by atoms with Crippen LogP contribution in [0.3, 0.4) is 0 Å². The molecule has 1 aliphatic heterocycles. The van der Waals surface area contributed by atoms with Gasteiger partial charge in [-0.3, -0.25) is 14.5 Å². The largest absolute Gasteiger partial charge is 0.377 e. The number of imide groups is 1. The number of rotatable bonds is 8. The fraction of sp³-hybridized carbons (Fsp3) is 0.333. The number of hydrogen-bond donors (Lipinski definition) is 0.